The maximum Gasteiger partial charge on any atom is 0.246 e. The average molecular weight is 368 g/mol. The number of rotatable bonds is 6. The van der Waals surface area contributed by atoms with Gasteiger partial charge in [-0.3, -0.25) is 4.79 Å². The van der Waals surface area contributed by atoms with Crippen LogP contribution < -0.4 is 10.2 Å². The van der Waals surface area contributed by atoms with Crippen molar-refractivity contribution in [2.45, 2.75) is 76.9 Å². The van der Waals surface area contributed by atoms with Crippen LogP contribution in [0.5, 0.6) is 0 Å². The standard InChI is InChI=1S/C21H28N4O2/c1-4-13(2)22-21(26)17-11-14(3)25(18-8-6-5-7-16(17)18)12-19-23-20(24-27-19)15-9-10-15/h5-8,13-15,17H,4,9-12H2,1-3H3,(H,22,26)/t13-,14-,17+/m0/s1. The summed E-state index contributed by atoms with van der Waals surface area (Å²) in [5.41, 5.74) is 2.17. The summed E-state index contributed by atoms with van der Waals surface area (Å²) in [6.45, 7) is 6.88. The molecule has 2 heterocycles. The molecule has 2 aromatic rings. The van der Waals surface area contributed by atoms with E-state index in [-0.39, 0.29) is 23.9 Å². The Morgan fingerprint density at radius 1 is 1.37 bits per heavy atom. The molecule has 4 rings (SSSR count). The van der Waals surface area contributed by atoms with E-state index in [4.69, 9.17) is 4.52 Å². The molecule has 0 spiro atoms. The van der Waals surface area contributed by atoms with Gasteiger partial charge in [-0.2, -0.15) is 4.98 Å². The zero-order valence-corrected chi connectivity index (χ0v) is 16.3. The number of nitrogens with one attached hydrogen (secondary N) is 1. The highest BCUT2D eigenvalue weighted by molar-refractivity contribution is 5.86. The Labute approximate surface area is 160 Å². The van der Waals surface area contributed by atoms with E-state index in [1.54, 1.807) is 0 Å². The van der Waals surface area contributed by atoms with Gasteiger partial charge in [-0.05, 0) is 51.2 Å². The van der Waals surface area contributed by atoms with Crippen LogP contribution >= 0.6 is 0 Å². The van der Waals surface area contributed by atoms with Gasteiger partial charge < -0.3 is 14.7 Å². The summed E-state index contributed by atoms with van der Waals surface area (Å²) in [6.07, 6.45) is 4.04. The van der Waals surface area contributed by atoms with E-state index in [0.29, 0.717) is 18.4 Å². The third-order valence-corrected chi connectivity index (χ3v) is 5.78. The summed E-state index contributed by atoms with van der Waals surface area (Å²) in [6, 6.07) is 8.59. The first kappa shape index (κ1) is 18.0. The molecule has 144 valence electrons. The van der Waals surface area contributed by atoms with E-state index in [0.717, 1.165) is 42.8 Å². The van der Waals surface area contributed by atoms with Crippen LogP contribution in [-0.2, 0) is 11.3 Å². The molecule has 1 aliphatic carbocycles. The van der Waals surface area contributed by atoms with Crippen LogP contribution in [0.3, 0.4) is 0 Å². The van der Waals surface area contributed by atoms with E-state index in [9.17, 15) is 4.79 Å². The number of carbonyl (C=O) groups excluding carboxylic acids is 1. The molecule has 27 heavy (non-hydrogen) atoms. The Kier molecular flexibility index (Phi) is 4.89. The van der Waals surface area contributed by atoms with Gasteiger partial charge in [0.2, 0.25) is 11.8 Å². The molecule has 3 atom stereocenters. The van der Waals surface area contributed by atoms with Crippen LogP contribution in [-0.4, -0.2) is 28.1 Å². The Balaban J connectivity index is 1.57. The number of carbonyl (C=O) groups is 1. The summed E-state index contributed by atoms with van der Waals surface area (Å²) in [4.78, 5) is 19.7. The first-order chi connectivity index (χ1) is 13.1. The lowest BCUT2D eigenvalue weighted by Gasteiger charge is -2.39. The van der Waals surface area contributed by atoms with Crippen molar-refractivity contribution in [3.8, 4) is 0 Å². The van der Waals surface area contributed by atoms with E-state index in [2.05, 4.69) is 53.3 Å². The number of hydrogen-bond acceptors (Lipinski definition) is 5. The van der Waals surface area contributed by atoms with E-state index >= 15 is 0 Å². The van der Waals surface area contributed by atoms with Crippen molar-refractivity contribution >= 4 is 11.6 Å². The molecular weight excluding hydrogens is 340 g/mol. The van der Waals surface area contributed by atoms with Crippen molar-refractivity contribution < 1.29 is 9.32 Å². The Hall–Kier alpha value is -2.37. The lowest BCUT2D eigenvalue weighted by atomic mass is 9.85. The summed E-state index contributed by atoms with van der Waals surface area (Å²) in [5.74, 6) is 1.99. The van der Waals surface area contributed by atoms with Crippen LogP contribution in [0, 0.1) is 0 Å². The number of hydrogen-bond donors (Lipinski definition) is 1. The van der Waals surface area contributed by atoms with Crippen molar-refractivity contribution in [2.24, 2.45) is 0 Å². The third-order valence-electron chi connectivity index (χ3n) is 5.78. The summed E-state index contributed by atoms with van der Waals surface area (Å²) < 4.78 is 5.49. The minimum absolute atomic E-state index is 0.119. The normalized spacial score (nSPS) is 23.0. The fourth-order valence-electron chi connectivity index (χ4n) is 3.80. The highest BCUT2D eigenvalue weighted by Gasteiger charge is 2.35. The van der Waals surface area contributed by atoms with Gasteiger partial charge in [0.15, 0.2) is 5.82 Å². The molecule has 1 amide bonds. The minimum Gasteiger partial charge on any atom is -0.359 e. The predicted molar refractivity (Wildman–Crippen MR) is 104 cm³/mol. The van der Waals surface area contributed by atoms with Gasteiger partial charge in [-0.25, -0.2) is 0 Å². The number of nitrogens with zero attached hydrogens (tertiary/aromatic N) is 3. The molecule has 0 radical (unpaired) electrons. The van der Waals surface area contributed by atoms with Crippen molar-refractivity contribution in [3.05, 3.63) is 41.5 Å². The zero-order chi connectivity index (χ0) is 19.0. The topological polar surface area (TPSA) is 71.3 Å². The molecule has 1 aliphatic heterocycles. The Morgan fingerprint density at radius 3 is 2.89 bits per heavy atom. The third kappa shape index (κ3) is 3.70. The molecule has 0 unspecified atom stereocenters. The molecule has 6 nitrogen and oxygen atoms in total. The maximum absolute atomic E-state index is 12.9. The minimum atomic E-state index is -0.119. The number of anilines is 1. The highest BCUT2D eigenvalue weighted by atomic mass is 16.5. The monoisotopic (exact) mass is 368 g/mol. The summed E-state index contributed by atoms with van der Waals surface area (Å²) in [7, 11) is 0. The average Bonchev–Trinajstić information content (AvgIpc) is 3.42. The summed E-state index contributed by atoms with van der Waals surface area (Å²) in [5, 5.41) is 7.28. The first-order valence-electron chi connectivity index (χ1n) is 10.0. The molecule has 6 heteroatoms. The van der Waals surface area contributed by atoms with Crippen LogP contribution in [0.1, 0.15) is 75.6 Å². The van der Waals surface area contributed by atoms with Crippen LogP contribution in [0.4, 0.5) is 5.69 Å². The number of amides is 1. The molecule has 1 aromatic heterocycles. The van der Waals surface area contributed by atoms with Gasteiger partial charge in [0.05, 0.1) is 12.5 Å². The van der Waals surface area contributed by atoms with Crippen LogP contribution in [0.25, 0.3) is 0 Å². The molecule has 0 bridgehead atoms. The van der Waals surface area contributed by atoms with Gasteiger partial charge in [0, 0.05) is 23.7 Å². The lowest BCUT2D eigenvalue weighted by Crippen LogP contribution is -2.44. The van der Waals surface area contributed by atoms with Gasteiger partial charge in [-0.1, -0.05) is 30.3 Å². The molecule has 1 N–H and O–H groups in total. The van der Waals surface area contributed by atoms with Crippen molar-refractivity contribution in [3.63, 3.8) is 0 Å². The van der Waals surface area contributed by atoms with Crippen molar-refractivity contribution in [1.29, 1.82) is 0 Å². The number of para-hydroxylation sites is 1. The second-order valence-electron chi connectivity index (χ2n) is 7.96. The van der Waals surface area contributed by atoms with E-state index in [1.807, 2.05) is 12.1 Å². The highest BCUT2D eigenvalue weighted by Crippen LogP contribution is 2.40. The smallest absolute Gasteiger partial charge is 0.246 e. The number of aromatic nitrogens is 2. The molecule has 1 fully saturated rings. The largest absolute Gasteiger partial charge is 0.359 e. The van der Waals surface area contributed by atoms with E-state index in [1.165, 1.54) is 0 Å². The predicted octanol–water partition coefficient (Wildman–Crippen LogP) is 3.74. The quantitative estimate of drug-likeness (QED) is 0.841. The molecule has 1 saturated carbocycles. The van der Waals surface area contributed by atoms with Gasteiger partial charge in [0.1, 0.15) is 0 Å². The van der Waals surface area contributed by atoms with Crippen LogP contribution in [0.2, 0.25) is 0 Å². The molecular formula is C21H28N4O2. The second-order valence-corrected chi connectivity index (χ2v) is 7.96. The first-order valence-corrected chi connectivity index (χ1v) is 10.0. The van der Waals surface area contributed by atoms with E-state index < -0.39 is 0 Å². The maximum atomic E-state index is 12.9. The van der Waals surface area contributed by atoms with Crippen LogP contribution in [0.15, 0.2) is 28.8 Å². The fraction of sp³-hybridized carbons (Fsp3) is 0.571. The Morgan fingerprint density at radius 2 is 2.15 bits per heavy atom. The molecule has 0 saturated heterocycles. The number of benzene rings is 1. The SMILES string of the molecule is CC[C@H](C)NC(=O)[C@@H]1C[C@H](C)N(Cc2nc(C3CC3)no2)c2ccccc21. The Bertz CT molecular complexity index is 814. The van der Waals surface area contributed by atoms with Crippen molar-refractivity contribution in [1.82, 2.24) is 15.5 Å². The van der Waals surface area contributed by atoms with Gasteiger partial charge in [0.25, 0.3) is 0 Å². The fourth-order valence-corrected chi connectivity index (χ4v) is 3.80. The lowest BCUT2D eigenvalue weighted by molar-refractivity contribution is -0.123. The second kappa shape index (κ2) is 7.33. The summed E-state index contributed by atoms with van der Waals surface area (Å²) >= 11 is 0. The zero-order valence-electron chi connectivity index (χ0n) is 16.3. The number of fused-ring (bicyclic) bond motifs is 1. The van der Waals surface area contributed by atoms with Gasteiger partial charge in [-0.15, -0.1) is 0 Å². The van der Waals surface area contributed by atoms with Crippen molar-refractivity contribution in [2.75, 3.05) is 4.90 Å². The molecule has 1 aromatic carbocycles. The van der Waals surface area contributed by atoms with Gasteiger partial charge >= 0.3 is 0 Å². The molecule has 2 aliphatic rings.